The summed E-state index contributed by atoms with van der Waals surface area (Å²) in [5, 5.41) is 8.33. The predicted molar refractivity (Wildman–Crippen MR) is 33.9 cm³/mol. The van der Waals surface area contributed by atoms with Crippen LogP contribution in [-0.4, -0.2) is 17.9 Å². The summed E-state index contributed by atoms with van der Waals surface area (Å²) in [5.74, 6) is 0.576. The Kier molecular flexibility index (Phi) is 2.46. The van der Waals surface area contributed by atoms with Crippen molar-refractivity contribution < 1.29 is 9.50 Å². The summed E-state index contributed by atoms with van der Waals surface area (Å²) in [6.45, 7) is -0.295. The van der Waals surface area contributed by atoms with Gasteiger partial charge in [-0.1, -0.05) is 19.3 Å². The van der Waals surface area contributed by atoms with Crippen molar-refractivity contribution in [1.82, 2.24) is 0 Å². The molecule has 0 radical (unpaired) electrons. The third-order valence-electron chi connectivity index (χ3n) is 2.01. The van der Waals surface area contributed by atoms with Gasteiger partial charge in [0.05, 0.1) is 6.61 Å². The molecule has 54 valence electrons. The van der Waals surface area contributed by atoms with Gasteiger partial charge >= 0.3 is 0 Å². The zero-order valence-electron chi connectivity index (χ0n) is 5.52. The van der Waals surface area contributed by atoms with Crippen molar-refractivity contribution in [2.75, 3.05) is 6.61 Å². The average Bonchev–Trinajstić information content (AvgIpc) is 1.78. The van der Waals surface area contributed by atoms with E-state index in [0.717, 1.165) is 0 Å². The monoisotopic (exact) mass is 132 g/mol. The van der Waals surface area contributed by atoms with Crippen LogP contribution >= 0.6 is 0 Å². The van der Waals surface area contributed by atoms with E-state index >= 15 is 0 Å². The van der Waals surface area contributed by atoms with Gasteiger partial charge in [0.2, 0.25) is 0 Å². The summed E-state index contributed by atoms with van der Waals surface area (Å²) in [6, 6.07) is 0. The standard InChI is InChI=1S/C7H13FO/c8-7(5-9)4-6-2-1-3-6/h6-7,9H,1-5H2/t7-/m1/s1. The summed E-state index contributed by atoms with van der Waals surface area (Å²) < 4.78 is 12.4. The maximum absolute atomic E-state index is 12.4. The Morgan fingerprint density at radius 1 is 1.56 bits per heavy atom. The predicted octanol–water partition coefficient (Wildman–Crippen LogP) is 1.51. The summed E-state index contributed by atoms with van der Waals surface area (Å²) >= 11 is 0. The molecule has 2 heteroatoms. The van der Waals surface area contributed by atoms with Gasteiger partial charge in [0.15, 0.2) is 0 Å². The van der Waals surface area contributed by atoms with Gasteiger partial charge in [-0.15, -0.1) is 0 Å². The van der Waals surface area contributed by atoms with Crippen LogP contribution in [0.4, 0.5) is 4.39 Å². The van der Waals surface area contributed by atoms with Crippen molar-refractivity contribution in [3.05, 3.63) is 0 Å². The average molecular weight is 132 g/mol. The molecule has 1 nitrogen and oxygen atoms in total. The van der Waals surface area contributed by atoms with Crippen LogP contribution in [0.3, 0.4) is 0 Å². The second-order valence-corrected chi connectivity index (χ2v) is 2.81. The quantitative estimate of drug-likeness (QED) is 0.617. The van der Waals surface area contributed by atoms with Gasteiger partial charge in [-0.3, -0.25) is 0 Å². The lowest BCUT2D eigenvalue weighted by Gasteiger charge is -2.25. The third-order valence-corrected chi connectivity index (χ3v) is 2.01. The van der Waals surface area contributed by atoms with Crippen molar-refractivity contribution in [2.24, 2.45) is 5.92 Å². The van der Waals surface area contributed by atoms with E-state index < -0.39 is 6.17 Å². The Bertz CT molecular complexity index is 78.2. The van der Waals surface area contributed by atoms with E-state index in [2.05, 4.69) is 0 Å². The fourth-order valence-corrected chi connectivity index (χ4v) is 1.16. The van der Waals surface area contributed by atoms with Crippen molar-refractivity contribution in [2.45, 2.75) is 31.9 Å². The Morgan fingerprint density at radius 2 is 2.22 bits per heavy atom. The molecule has 0 bridgehead atoms. The molecule has 1 fully saturated rings. The van der Waals surface area contributed by atoms with Crippen LogP contribution in [0.1, 0.15) is 25.7 Å². The Balaban J connectivity index is 2.01. The molecule has 1 rings (SSSR count). The van der Waals surface area contributed by atoms with E-state index in [1.165, 1.54) is 19.3 Å². The van der Waals surface area contributed by atoms with Gasteiger partial charge in [0.1, 0.15) is 6.17 Å². The van der Waals surface area contributed by atoms with E-state index in [9.17, 15) is 4.39 Å². The number of rotatable bonds is 3. The van der Waals surface area contributed by atoms with Crippen molar-refractivity contribution in [3.63, 3.8) is 0 Å². The smallest absolute Gasteiger partial charge is 0.123 e. The molecule has 0 aromatic heterocycles. The SMILES string of the molecule is OC[C@H](F)CC1CCC1. The van der Waals surface area contributed by atoms with Crippen LogP contribution in [-0.2, 0) is 0 Å². The van der Waals surface area contributed by atoms with Crippen molar-refractivity contribution in [3.8, 4) is 0 Å². The fourth-order valence-electron chi connectivity index (χ4n) is 1.16. The first-order chi connectivity index (χ1) is 4.33. The zero-order chi connectivity index (χ0) is 6.69. The Labute approximate surface area is 54.9 Å². The molecule has 1 saturated carbocycles. The molecule has 0 spiro atoms. The molecule has 0 heterocycles. The van der Waals surface area contributed by atoms with E-state index in [1.807, 2.05) is 0 Å². The normalized spacial score (nSPS) is 23.3. The minimum Gasteiger partial charge on any atom is -0.393 e. The van der Waals surface area contributed by atoms with Gasteiger partial charge in [0.25, 0.3) is 0 Å². The van der Waals surface area contributed by atoms with Crippen LogP contribution in [0.5, 0.6) is 0 Å². The molecule has 0 aromatic rings. The topological polar surface area (TPSA) is 20.2 Å². The molecule has 1 aliphatic rings. The molecule has 1 aliphatic carbocycles. The fraction of sp³-hybridized carbons (Fsp3) is 1.00. The molecular formula is C7H13FO. The Morgan fingerprint density at radius 3 is 2.56 bits per heavy atom. The van der Waals surface area contributed by atoms with Crippen molar-refractivity contribution >= 4 is 0 Å². The number of aliphatic hydroxyl groups is 1. The number of aliphatic hydroxyl groups excluding tert-OH is 1. The molecule has 0 aromatic carbocycles. The number of halogens is 1. The van der Waals surface area contributed by atoms with Crippen LogP contribution in [0.2, 0.25) is 0 Å². The highest BCUT2D eigenvalue weighted by atomic mass is 19.1. The lowest BCUT2D eigenvalue weighted by Crippen LogP contribution is -2.18. The van der Waals surface area contributed by atoms with Crippen LogP contribution in [0, 0.1) is 5.92 Å². The van der Waals surface area contributed by atoms with Crippen LogP contribution in [0.15, 0.2) is 0 Å². The molecular weight excluding hydrogens is 119 g/mol. The first kappa shape index (κ1) is 7.00. The first-order valence-electron chi connectivity index (χ1n) is 3.58. The highest BCUT2D eigenvalue weighted by Gasteiger charge is 2.20. The number of hydrogen-bond donors (Lipinski definition) is 1. The van der Waals surface area contributed by atoms with Gasteiger partial charge < -0.3 is 5.11 Å². The Hall–Kier alpha value is -0.110. The van der Waals surface area contributed by atoms with Gasteiger partial charge in [-0.05, 0) is 12.3 Å². The van der Waals surface area contributed by atoms with Gasteiger partial charge in [0, 0.05) is 0 Å². The van der Waals surface area contributed by atoms with Gasteiger partial charge in [-0.2, -0.15) is 0 Å². The summed E-state index contributed by atoms with van der Waals surface area (Å²) in [7, 11) is 0. The van der Waals surface area contributed by atoms with E-state index in [0.29, 0.717) is 12.3 Å². The number of alkyl halides is 1. The summed E-state index contributed by atoms with van der Waals surface area (Å²) in [6.07, 6.45) is 3.20. The maximum Gasteiger partial charge on any atom is 0.123 e. The minimum atomic E-state index is -0.963. The van der Waals surface area contributed by atoms with Crippen LogP contribution < -0.4 is 0 Å². The van der Waals surface area contributed by atoms with Crippen LogP contribution in [0.25, 0.3) is 0 Å². The highest BCUT2D eigenvalue weighted by Crippen LogP contribution is 2.30. The maximum atomic E-state index is 12.4. The lowest BCUT2D eigenvalue weighted by atomic mass is 9.82. The summed E-state index contributed by atoms with van der Waals surface area (Å²) in [5.41, 5.74) is 0. The largest absolute Gasteiger partial charge is 0.393 e. The third kappa shape index (κ3) is 1.94. The minimum absolute atomic E-state index is 0.295. The first-order valence-corrected chi connectivity index (χ1v) is 3.58. The lowest BCUT2D eigenvalue weighted by molar-refractivity contribution is 0.131. The zero-order valence-corrected chi connectivity index (χ0v) is 5.52. The molecule has 0 saturated heterocycles. The second kappa shape index (κ2) is 3.16. The van der Waals surface area contributed by atoms with Crippen molar-refractivity contribution in [1.29, 1.82) is 0 Å². The van der Waals surface area contributed by atoms with Gasteiger partial charge in [-0.25, -0.2) is 4.39 Å². The molecule has 1 N–H and O–H groups in total. The molecule has 1 atom stereocenters. The summed E-state index contributed by atoms with van der Waals surface area (Å²) in [4.78, 5) is 0. The highest BCUT2D eigenvalue weighted by molar-refractivity contribution is 4.72. The molecule has 0 amide bonds. The second-order valence-electron chi connectivity index (χ2n) is 2.81. The van der Waals surface area contributed by atoms with E-state index in [1.54, 1.807) is 0 Å². The molecule has 9 heavy (non-hydrogen) atoms. The molecule has 0 aliphatic heterocycles. The van der Waals surface area contributed by atoms with E-state index in [-0.39, 0.29) is 6.61 Å². The number of hydrogen-bond acceptors (Lipinski definition) is 1. The molecule has 0 unspecified atom stereocenters. The van der Waals surface area contributed by atoms with E-state index in [4.69, 9.17) is 5.11 Å².